The second-order valence-electron chi connectivity index (χ2n) is 11.2. The van der Waals surface area contributed by atoms with Crippen molar-refractivity contribution in [2.75, 3.05) is 18.8 Å². The summed E-state index contributed by atoms with van der Waals surface area (Å²) in [6.45, 7) is 2.20. The Bertz CT molecular complexity index is 1350. The Hall–Kier alpha value is -3.47. The van der Waals surface area contributed by atoms with Crippen LogP contribution in [0.3, 0.4) is 0 Å². The van der Waals surface area contributed by atoms with Gasteiger partial charge in [0.2, 0.25) is 17.7 Å². The first-order valence-corrected chi connectivity index (χ1v) is 13.4. The Labute approximate surface area is 223 Å². The molecule has 0 spiro atoms. The topological polar surface area (TPSA) is 109 Å². The number of piperidine rings is 1. The molecule has 8 nitrogen and oxygen atoms in total. The molecule has 6 rings (SSSR count). The monoisotopic (exact) mass is 541 g/mol. The number of anilines is 1. The van der Waals surface area contributed by atoms with Crippen LogP contribution in [0.2, 0.25) is 0 Å². The van der Waals surface area contributed by atoms with Crippen molar-refractivity contribution in [1.82, 2.24) is 20.1 Å². The minimum absolute atomic E-state index is 0.0190. The van der Waals surface area contributed by atoms with Crippen LogP contribution in [-0.2, 0) is 22.7 Å². The fraction of sp³-hybridized carbons (Fsp3) is 0.500. The number of carbonyl (C=O) groups is 3. The van der Waals surface area contributed by atoms with Crippen molar-refractivity contribution in [2.45, 2.75) is 63.6 Å². The van der Waals surface area contributed by atoms with E-state index in [9.17, 15) is 23.2 Å². The third-order valence-corrected chi connectivity index (χ3v) is 8.75. The number of halogens is 3. The van der Waals surface area contributed by atoms with Gasteiger partial charge in [0, 0.05) is 61.2 Å². The number of benzene rings is 1. The Morgan fingerprint density at radius 3 is 2.41 bits per heavy atom. The second-order valence-corrected chi connectivity index (χ2v) is 11.2. The number of alkyl halides is 2. The SMILES string of the molecule is Nc1nc(-c2ccc3c(c2F)CN([C@@H]2CCC(=O)NC2=O)C3=O)ccc1CN1CC(C2CCC(F)(F)CC2)C1. The molecular formula is C28H30F3N5O3. The van der Waals surface area contributed by atoms with Gasteiger partial charge in [0.1, 0.15) is 17.7 Å². The lowest BCUT2D eigenvalue weighted by Gasteiger charge is -2.45. The highest BCUT2D eigenvalue weighted by Crippen LogP contribution is 2.42. The highest BCUT2D eigenvalue weighted by atomic mass is 19.3. The molecule has 39 heavy (non-hydrogen) atoms. The van der Waals surface area contributed by atoms with Gasteiger partial charge in [0.15, 0.2) is 0 Å². The lowest BCUT2D eigenvalue weighted by Crippen LogP contribution is -2.52. The summed E-state index contributed by atoms with van der Waals surface area (Å²) in [5.41, 5.74) is 8.00. The number of rotatable bonds is 5. The molecule has 0 bridgehead atoms. The molecule has 1 saturated carbocycles. The summed E-state index contributed by atoms with van der Waals surface area (Å²) < 4.78 is 42.6. The van der Waals surface area contributed by atoms with E-state index in [-0.39, 0.29) is 60.6 Å². The van der Waals surface area contributed by atoms with Crippen molar-refractivity contribution in [3.05, 3.63) is 46.8 Å². The molecule has 2 saturated heterocycles. The molecule has 11 heteroatoms. The number of carbonyl (C=O) groups excluding carboxylic acids is 3. The molecule has 0 radical (unpaired) electrons. The van der Waals surface area contributed by atoms with Crippen molar-refractivity contribution in [2.24, 2.45) is 11.8 Å². The summed E-state index contributed by atoms with van der Waals surface area (Å²) in [4.78, 5) is 44.7. The number of fused-ring (bicyclic) bond motifs is 1. The van der Waals surface area contributed by atoms with Gasteiger partial charge in [-0.05, 0) is 49.3 Å². The van der Waals surface area contributed by atoms with Gasteiger partial charge in [-0.25, -0.2) is 18.2 Å². The fourth-order valence-electron chi connectivity index (χ4n) is 6.40. The Balaban J connectivity index is 1.12. The molecule has 3 N–H and O–H groups in total. The predicted molar refractivity (Wildman–Crippen MR) is 136 cm³/mol. The molecule has 3 aliphatic heterocycles. The van der Waals surface area contributed by atoms with Gasteiger partial charge in [0.05, 0.1) is 12.2 Å². The molecule has 206 valence electrons. The normalized spacial score (nSPS) is 24.0. The van der Waals surface area contributed by atoms with Crippen molar-refractivity contribution >= 4 is 23.5 Å². The van der Waals surface area contributed by atoms with Crippen LogP contribution in [0.15, 0.2) is 24.3 Å². The summed E-state index contributed by atoms with van der Waals surface area (Å²) in [6.07, 6.45) is 1.44. The first-order valence-electron chi connectivity index (χ1n) is 13.4. The van der Waals surface area contributed by atoms with Crippen LogP contribution in [0.5, 0.6) is 0 Å². The van der Waals surface area contributed by atoms with E-state index < -0.39 is 29.6 Å². The zero-order chi connectivity index (χ0) is 27.5. The van der Waals surface area contributed by atoms with E-state index in [4.69, 9.17) is 5.73 Å². The number of nitrogen functional groups attached to an aromatic ring is 1. The van der Waals surface area contributed by atoms with Crippen molar-refractivity contribution in [1.29, 1.82) is 0 Å². The Morgan fingerprint density at radius 2 is 1.72 bits per heavy atom. The molecule has 3 fully saturated rings. The molecule has 2 aromatic rings. The van der Waals surface area contributed by atoms with Crippen LogP contribution < -0.4 is 11.1 Å². The first kappa shape index (κ1) is 25.8. The maximum atomic E-state index is 15.6. The van der Waals surface area contributed by atoms with E-state index in [1.54, 1.807) is 6.07 Å². The maximum absolute atomic E-state index is 15.6. The van der Waals surface area contributed by atoms with E-state index in [0.717, 1.165) is 18.7 Å². The lowest BCUT2D eigenvalue weighted by atomic mass is 9.75. The maximum Gasteiger partial charge on any atom is 0.255 e. The zero-order valence-corrected chi connectivity index (χ0v) is 21.4. The third kappa shape index (κ3) is 4.77. The molecule has 1 aliphatic carbocycles. The summed E-state index contributed by atoms with van der Waals surface area (Å²) >= 11 is 0. The molecule has 1 aromatic carbocycles. The summed E-state index contributed by atoms with van der Waals surface area (Å²) in [5, 5.41) is 2.24. The zero-order valence-electron chi connectivity index (χ0n) is 21.4. The van der Waals surface area contributed by atoms with Gasteiger partial charge in [-0.2, -0.15) is 0 Å². The van der Waals surface area contributed by atoms with E-state index in [1.165, 1.54) is 17.0 Å². The average Bonchev–Trinajstić information content (AvgIpc) is 3.20. The number of pyridine rings is 1. The minimum Gasteiger partial charge on any atom is -0.383 e. The molecule has 4 heterocycles. The molecule has 0 unspecified atom stereocenters. The minimum atomic E-state index is -2.51. The van der Waals surface area contributed by atoms with Crippen LogP contribution in [0.25, 0.3) is 11.3 Å². The highest BCUT2D eigenvalue weighted by Gasteiger charge is 2.42. The number of nitrogens with two attached hydrogens (primary N) is 1. The summed E-state index contributed by atoms with van der Waals surface area (Å²) in [5.74, 6) is -3.41. The lowest BCUT2D eigenvalue weighted by molar-refractivity contribution is -0.136. The average molecular weight is 542 g/mol. The van der Waals surface area contributed by atoms with Crippen molar-refractivity contribution < 1.29 is 27.6 Å². The van der Waals surface area contributed by atoms with Gasteiger partial charge in [-0.15, -0.1) is 0 Å². The van der Waals surface area contributed by atoms with Gasteiger partial charge in [0.25, 0.3) is 5.91 Å². The number of nitrogens with zero attached hydrogens (tertiary/aromatic N) is 3. The quantitative estimate of drug-likeness (QED) is 0.561. The largest absolute Gasteiger partial charge is 0.383 e. The molecule has 3 amide bonds. The molecule has 1 aromatic heterocycles. The Morgan fingerprint density at radius 1 is 1.00 bits per heavy atom. The number of nitrogens with one attached hydrogen (secondary N) is 1. The van der Waals surface area contributed by atoms with Gasteiger partial charge < -0.3 is 10.6 Å². The number of amides is 3. The highest BCUT2D eigenvalue weighted by molar-refractivity contribution is 6.05. The number of aromatic nitrogens is 1. The third-order valence-electron chi connectivity index (χ3n) is 8.75. The number of imide groups is 1. The predicted octanol–water partition coefficient (Wildman–Crippen LogP) is 3.49. The van der Waals surface area contributed by atoms with Gasteiger partial charge in [-0.3, -0.25) is 24.6 Å². The first-order chi connectivity index (χ1) is 18.6. The van der Waals surface area contributed by atoms with Crippen LogP contribution >= 0.6 is 0 Å². The summed E-state index contributed by atoms with van der Waals surface area (Å²) in [7, 11) is 0. The number of hydrogen-bond acceptors (Lipinski definition) is 6. The molecular weight excluding hydrogens is 511 g/mol. The van der Waals surface area contributed by atoms with Crippen LogP contribution in [0, 0.1) is 17.7 Å². The van der Waals surface area contributed by atoms with E-state index >= 15 is 4.39 Å². The van der Waals surface area contributed by atoms with Crippen molar-refractivity contribution in [3.8, 4) is 11.3 Å². The molecule has 4 aliphatic rings. The smallest absolute Gasteiger partial charge is 0.255 e. The van der Waals surface area contributed by atoms with Gasteiger partial charge >= 0.3 is 0 Å². The van der Waals surface area contributed by atoms with Crippen LogP contribution in [0.4, 0.5) is 19.0 Å². The summed E-state index contributed by atoms with van der Waals surface area (Å²) in [6, 6.07) is 5.73. The van der Waals surface area contributed by atoms with E-state index in [0.29, 0.717) is 36.9 Å². The van der Waals surface area contributed by atoms with E-state index in [1.807, 2.05) is 6.07 Å². The van der Waals surface area contributed by atoms with Gasteiger partial charge in [-0.1, -0.05) is 6.07 Å². The molecule has 1 atom stereocenters. The van der Waals surface area contributed by atoms with Crippen LogP contribution in [0.1, 0.15) is 60.0 Å². The fourth-order valence-corrected chi connectivity index (χ4v) is 6.40. The van der Waals surface area contributed by atoms with Crippen LogP contribution in [-0.4, -0.2) is 57.6 Å². The number of hydrogen-bond donors (Lipinski definition) is 2. The number of likely N-dealkylation sites (tertiary alicyclic amines) is 1. The Kier molecular flexibility index (Phi) is 6.36. The second kappa shape index (κ2) is 9.62. The standard InChI is InChI=1S/C28H30F3N5O3/c29-24-19(3-2-18-20(24)14-36(27(18)39)22-5-6-23(37)34-26(22)38)21-4-1-16(25(32)33-21)11-35-12-17(13-35)15-7-9-28(30,31)10-8-15/h1-4,15,17,22H,5-14H2,(H2,32,33)(H,34,37,38)/t22-/m1/s1. The van der Waals surface area contributed by atoms with Crippen molar-refractivity contribution in [3.63, 3.8) is 0 Å². The van der Waals surface area contributed by atoms with E-state index in [2.05, 4.69) is 15.2 Å².